The predicted molar refractivity (Wildman–Crippen MR) is 100 cm³/mol. The lowest BCUT2D eigenvalue weighted by atomic mass is 10.1. The molecule has 1 aliphatic rings. The third-order valence-electron chi connectivity index (χ3n) is 4.64. The number of amides is 1. The van der Waals surface area contributed by atoms with Crippen LogP contribution in [0.2, 0.25) is 0 Å². The number of aliphatic hydroxyl groups is 1. The first-order valence-electron chi connectivity index (χ1n) is 8.95. The van der Waals surface area contributed by atoms with Gasteiger partial charge in [0.15, 0.2) is 6.61 Å². The second-order valence-electron chi connectivity index (χ2n) is 6.60. The maximum Gasteiger partial charge on any atom is 0.260 e. The van der Waals surface area contributed by atoms with Crippen molar-refractivity contribution in [1.82, 2.24) is 9.80 Å². The number of ether oxygens (including phenoxy) is 2. The summed E-state index contributed by atoms with van der Waals surface area (Å²) >= 11 is 0. The minimum absolute atomic E-state index is 0.0125. The summed E-state index contributed by atoms with van der Waals surface area (Å²) < 4.78 is 11.3. The number of hydrogen-bond acceptors (Lipinski definition) is 5. The van der Waals surface area contributed by atoms with Crippen LogP contribution in [0.5, 0.6) is 5.75 Å². The van der Waals surface area contributed by atoms with E-state index in [1.165, 1.54) is 0 Å². The summed E-state index contributed by atoms with van der Waals surface area (Å²) in [6, 6.07) is 13.9. The Hall–Kier alpha value is -2.15. The van der Waals surface area contributed by atoms with Crippen LogP contribution in [0.1, 0.15) is 0 Å². The first-order chi connectivity index (χ1) is 12.7. The van der Waals surface area contributed by atoms with Crippen LogP contribution in [0.4, 0.5) is 0 Å². The lowest BCUT2D eigenvalue weighted by Crippen LogP contribution is -2.54. The average molecular weight is 358 g/mol. The molecule has 140 valence electrons. The van der Waals surface area contributed by atoms with Gasteiger partial charge in [-0.2, -0.15) is 0 Å². The van der Waals surface area contributed by atoms with Crippen LogP contribution in [0.3, 0.4) is 0 Å². The molecule has 1 atom stereocenters. The van der Waals surface area contributed by atoms with Crippen molar-refractivity contribution >= 4 is 16.7 Å². The van der Waals surface area contributed by atoms with Gasteiger partial charge in [-0.3, -0.25) is 4.79 Å². The Morgan fingerprint density at radius 2 is 2.12 bits per heavy atom. The van der Waals surface area contributed by atoms with E-state index in [9.17, 15) is 4.79 Å². The summed E-state index contributed by atoms with van der Waals surface area (Å²) in [7, 11) is 1.93. The van der Waals surface area contributed by atoms with Crippen molar-refractivity contribution in [2.24, 2.45) is 0 Å². The van der Waals surface area contributed by atoms with Gasteiger partial charge in [0.25, 0.3) is 5.91 Å². The molecule has 1 N–H and O–H groups in total. The largest absolute Gasteiger partial charge is 0.484 e. The number of nitrogens with zero attached hydrogens (tertiary/aromatic N) is 2. The Labute approximate surface area is 153 Å². The van der Waals surface area contributed by atoms with Gasteiger partial charge in [-0.05, 0) is 30.0 Å². The SMILES string of the molecule is CN(CCO)C[C@H]1COCCN1C(=O)COc1ccc2ccccc2c1. The number of likely N-dealkylation sites (N-methyl/N-ethyl adjacent to an activating group) is 1. The van der Waals surface area contributed by atoms with Gasteiger partial charge in [-0.15, -0.1) is 0 Å². The molecule has 0 radical (unpaired) electrons. The maximum atomic E-state index is 12.7. The van der Waals surface area contributed by atoms with Crippen LogP contribution in [0.25, 0.3) is 10.8 Å². The molecule has 1 fully saturated rings. The minimum Gasteiger partial charge on any atom is -0.484 e. The zero-order chi connectivity index (χ0) is 18.4. The van der Waals surface area contributed by atoms with E-state index in [1.807, 2.05) is 59.3 Å². The summed E-state index contributed by atoms with van der Waals surface area (Å²) in [6.07, 6.45) is 0. The fraction of sp³-hybridized carbons (Fsp3) is 0.450. The van der Waals surface area contributed by atoms with Gasteiger partial charge in [-0.1, -0.05) is 30.3 Å². The monoisotopic (exact) mass is 358 g/mol. The number of carbonyl (C=O) groups excluding carboxylic acids is 1. The predicted octanol–water partition coefficient (Wildman–Crippen LogP) is 1.37. The molecule has 2 aromatic carbocycles. The van der Waals surface area contributed by atoms with Crippen LogP contribution in [0.15, 0.2) is 42.5 Å². The van der Waals surface area contributed by atoms with Gasteiger partial charge in [0.2, 0.25) is 0 Å². The highest BCUT2D eigenvalue weighted by Gasteiger charge is 2.28. The summed E-state index contributed by atoms with van der Waals surface area (Å²) in [6.45, 7) is 2.98. The van der Waals surface area contributed by atoms with E-state index in [2.05, 4.69) is 0 Å². The molecule has 0 aliphatic carbocycles. The molecule has 0 bridgehead atoms. The van der Waals surface area contributed by atoms with Gasteiger partial charge in [0.1, 0.15) is 5.75 Å². The van der Waals surface area contributed by atoms with Crippen LogP contribution in [-0.4, -0.2) is 80.0 Å². The summed E-state index contributed by atoms with van der Waals surface area (Å²) in [5, 5.41) is 11.3. The van der Waals surface area contributed by atoms with E-state index in [1.54, 1.807) is 0 Å². The number of benzene rings is 2. The Morgan fingerprint density at radius 1 is 1.31 bits per heavy atom. The van der Waals surface area contributed by atoms with Crippen molar-refractivity contribution < 1.29 is 19.4 Å². The topological polar surface area (TPSA) is 62.2 Å². The molecule has 26 heavy (non-hydrogen) atoms. The number of carbonyl (C=O) groups is 1. The van der Waals surface area contributed by atoms with Gasteiger partial charge >= 0.3 is 0 Å². The fourth-order valence-corrected chi connectivity index (χ4v) is 3.24. The van der Waals surface area contributed by atoms with E-state index in [-0.39, 0.29) is 25.2 Å². The summed E-state index contributed by atoms with van der Waals surface area (Å²) in [5.41, 5.74) is 0. The van der Waals surface area contributed by atoms with Crippen molar-refractivity contribution in [3.63, 3.8) is 0 Å². The van der Waals surface area contributed by atoms with Crippen molar-refractivity contribution in [3.05, 3.63) is 42.5 Å². The Bertz CT molecular complexity index is 737. The normalized spacial score (nSPS) is 17.7. The van der Waals surface area contributed by atoms with E-state index in [4.69, 9.17) is 14.6 Å². The molecule has 1 amide bonds. The van der Waals surface area contributed by atoms with Crippen LogP contribution in [-0.2, 0) is 9.53 Å². The highest BCUT2D eigenvalue weighted by atomic mass is 16.5. The van der Waals surface area contributed by atoms with E-state index >= 15 is 0 Å². The van der Waals surface area contributed by atoms with Crippen LogP contribution >= 0.6 is 0 Å². The minimum atomic E-state index is -0.0381. The number of aliphatic hydroxyl groups excluding tert-OH is 1. The number of fused-ring (bicyclic) bond motifs is 1. The summed E-state index contributed by atoms with van der Waals surface area (Å²) in [4.78, 5) is 16.5. The molecule has 6 heteroatoms. The smallest absolute Gasteiger partial charge is 0.260 e. The van der Waals surface area contributed by atoms with Gasteiger partial charge in [0, 0.05) is 19.6 Å². The van der Waals surface area contributed by atoms with E-state index in [0.29, 0.717) is 38.6 Å². The molecular formula is C20H26N2O4. The zero-order valence-corrected chi connectivity index (χ0v) is 15.1. The number of morpholine rings is 1. The molecule has 1 saturated heterocycles. The first-order valence-corrected chi connectivity index (χ1v) is 8.95. The Kier molecular flexibility index (Phi) is 6.44. The third-order valence-corrected chi connectivity index (χ3v) is 4.64. The molecule has 3 rings (SSSR count). The molecule has 0 saturated carbocycles. The van der Waals surface area contributed by atoms with Crippen LogP contribution in [0, 0.1) is 0 Å². The Balaban J connectivity index is 1.59. The number of hydrogen-bond donors (Lipinski definition) is 1. The van der Waals surface area contributed by atoms with Crippen LogP contribution < -0.4 is 4.74 Å². The van der Waals surface area contributed by atoms with E-state index in [0.717, 1.165) is 10.8 Å². The Morgan fingerprint density at radius 3 is 2.92 bits per heavy atom. The highest BCUT2D eigenvalue weighted by molar-refractivity contribution is 5.84. The van der Waals surface area contributed by atoms with Gasteiger partial charge in [0.05, 0.1) is 25.9 Å². The molecule has 2 aromatic rings. The molecule has 0 spiro atoms. The molecule has 0 unspecified atom stereocenters. The number of rotatable bonds is 7. The van der Waals surface area contributed by atoms with Crippen molar-refractivity contribution in [1.29, 1.82) is 0 Å². The second kappa shape index (κ2) is 8.98. The van der Waals surface area contributed by atoms with Gasteiger partial charge < -0.3 is 24.4 Å². The average Bonchev–Trinajstić information content (AvgIpc) is 2.66. The van der Waals surface area contributed by atoms with Crippen molar-refractivity contribution in [2.75, 3.05) is 53.1 Å². The quantitative estimate of drug-likeness (QED) is 0.810. The molecular weight excluding hydrogens is 332 g/mol. The summed E-state index contributed by atoms with van der Waals surface area (Å²) in [5.74, 6) is 0.656. The molecule has 6 nitrogen and oxygen atoms in total. The fourth-order valence-electron chi connectivity index (χ4n) is 3.24. The molecule has 0 aromatic heterocycles. The zero-order valence-electron chi connectivity index (χ0n) is 15.1. The van der Waals surface area contributed by atoms with Crippen molar-refractivity contribution in [3.8, 4) is 5.75 Å². The molecule has 1 heterocycles. The highest BCUT2D eigenvalue weighted by Crippen LogP contribution is 2.20. The third kappa shape index (κ3) is 4.72. The lowest BCUT2D eigenvalue weighted by Gasteiger charge is -2.37. The maximum absolute atomic E-state index is 12.7. The standard InChI is InChI=1S/C20H26N2O4/c1-21(8-10-23)13-18-14-25-11-9-22(18)20(24)15-26-19-7-6-16-4-2-3-5-17(16)12-19/h2-7,12,18,23H,8-11,13-15H2,1H3/t18-/m0/s1. The van der Waals surface area contributed by atoms with Gasteiger partial charge in [-0.25, -0.2) is 0 Å². The van der Waals surface area contributed by atoms with Crippen molar-refractivity contribution in [2.45, 2.75) is 6.04 Å². The second-order valence-corrected chi connectivity index (χ2v) is 6.60. The molecule has 1 aliphatic heterocycles. The van der Waals surface area contributed by atoms with E-state index < -0.39 is 0 Å². The first kappa shape index (κ1) is 18.6. The lowest BCUT2D eigenvalue weighted by molar-refractivity contribution is -0.142.